The molecule has 0 radical (unpaired) electrons. The summed E-state index contributed by atoms with van der Waals surface area (Å²) in [5.41, 5.74) is 1.58. The Morgan fingerprint density at radius 3 is 2.71 bits per heavy atom. The van der Waals surface area contributed by atoms with Crippen LogP contribution in [0.3, 0.4) is 0 Å². The first-order chi connectivity index (χ1) is 10.2. The maximum Gasteiger partial charge on any atom is 0.338 e. The van der Waals surface area contributed by atoms with E-state index >= 15 is 0 Å². The normalized spacial score (nSPS) is 11.7. The van der Waals surface area contributed by atoms with Crippen molar-refractivity contribution in [3.8, 4) is 0 Å². The third-order valence-corrected chi connectivity index (χ3v) is 3.64. The minimum absolute atomic E-state index is 0.166. The summed E-state index contributed by atoms with van der Waals surface area (Å²) in [6.07, 6.45) is 6.78. The van der Waals surface area contributed by atoms with Gasteiger partial charge in [0.25, 0.3) is 0 Å². The number of ether oxygens (including phenoxy) is 1. The molecule has 0 spiro atoms. The molecule has 0 fully saturated rings. The standard InChI is InChI=1S/C17H25NO3/c1-3-4-5-9-15(18-13-19)12-11-14-8-6-7-10-16(14)17(20)21-2/h6-8,10,13,15H,3-5,9,11-12H2,1-2H3,(H,18,19). The fourth-order valence-electron chi connectivity index (χ4n) is 2.43. The van der Waals surface area contributed by atoms with Crippen LogP contribution in [0.5, 0.6) is 0 Å². The predicted octanol–water partition coefficient (Wildman–Crippen LogP) is 3.10. The molecule has 1 aromatic carbocycles. The number of nitrogens with one attached hydrogen (secondary N) is 1. The van der Waals surface area contributed by atoms with Crippen LogP contribution < -0.4 is 5.32 Å². The molecule has 0 bridgehead atoms. The van der Waals surface area contributed by atoms with Gasteiger partial charge >= 0.3 is 5.97 Å². The molecule has 4 nitrogen and oxygen atoms in total. The molecule has 1 atom stereocenters. The van der Waals surface area contributed by atoms with Crippen molar-refractivity contribution in [2.45, 2.75) is 51.5 Å². The van der Waals surface area contributed by atoms with Gasteiger partial charge in [-0.15, -0.1) is 0 Å². The van der Waals surface area contributed by atoms with Gasteiger partial charge in [-0.25, -0.2) is 4.79 Å². The third-order valence-electron chi connectivity index (χ3n) is 3.64. The van der Waals surface area contributed by atoms with Gasteiger partial charge in [0.2, 0.25) is 6.41 Å². The lowest BCUT2D eigenvalue weighted by molar-refractivity contribution is -0.110. The van der Waals surface area contributed by atoms with Crippen molar-refractivity contribution in [3.05, 3.63) is 35.4 Å². The zero-order valence-corrected chi connectivity index (χ0v) is 12.9. The molecule has 0 aliphatic heterocycles. The van der Waals surface area contributed by atoms with Crippen LogP contribution in [0.2, 0.25) is 0 Å². The first-order valence-electron chi connectivity index (χ1n) is 7.58. The van der Waals surface area contributed by atoms with E-state index in [1.54, 1.807) is 6.07 Å². The number of aryl methyl sites for hydroxylation is 1. The lowest BCUT2D eigenvalue weighted by Crippen LogP contribution is -2.28. The first-order valence-corrected chi connectivity index (χ1v) is 7.58. The van der Waals surface area contributed by atoms with E-state index in [2.05, 4.69) is 12.2 Å². The number of hydrogen-bond acceptors (Lipinski definition) is 3. The van der Waals surface area contributed by atoms with E-state index in [0.717, 1.165) is 37.7 Å². The number of esters is 1. The number of carbonyl (C=O) groups excluding carboxylic acids is 2. The molecule has 1 amide bonds. The van der Waals surface area contributed by atoms with E-state index < -0.39 is 0 Å². The summed E-state index contributed by atoms with van der Waals surface area (Å²) in [6.45, 7) is 2.16. The van der Waals surface area contributed by atoms with Crippen molar-refractivity contribution < 1.29 is 14.3 Å². The number of unbranched alkanes of at least 4 members (excludes halogenated alkanes) is 2. The van der Waals surface area contributed by atoms with Crippen molar-refractivity contribution in [1.29, 1.82) is 0 Å². The number of benzene rings is 1. The van der Waals surface area contributed by atoms with Crippen LogP contribution in [0.1, 0.15) is 54.9 Å². The number of rotatable bonds is 10. The van der Waals surface area contributed by atoms with E-state index in [1.807, 2.05) is 18.2 Å². The lowest BCUT2D eigenvalue weighted by atomic mass is 9.97. The van der Waals surface area contributed by atoms with Crippen LogP contribution in [0.25, 0.3) is 0 Å². The van der Waals surface area contributed by atoms with Gasteiger partial charge in [0.1, 0.15) is 0 Å². The molecule has 0 aliphatic carbocycles. The molecule has 0 heterocycles. The Morgan fingerprint density at radius 2 is 2.05 bits per heavy atom. The van der Waals surface area contributed by atoms with Gasteiger partial charge in [0.05, 0.1) is 12.7 Å². The molecule has 1 N–H and O–H groups in total. The van der Waals surface area contributed by atoms with Gasteiger partial charge in [0, 0.05) is 6.04 Å². The molecule has 0 saturated heterocycles. The average molecular weight is 291 g/mol. The number of methoxy groups -OCH3 is 1. The summed E-state index contributed by atoms with van der Waals surface area (Å²) < 4.78 is 4.80. The van der Waals surface area contributed by atoms with Crippen LogP contribution in [0.15, 0.2) is 24.3 Å². The SMILES string of the molecule is CCCCCC(CCc1ccccc1C(=O)OC)NC=O. The van der Waals surface area contributed by atoms with Gasteiger partial charge in [0.15, 0.2) is 0 Å². The van der Waals surface area contributed by atoms with E-state index in [4.69, 9.17) is 4.74 Å². The highest BCUT2D eigenvalue weighted by Gasteiger charge is 2.13. The van der Waals surface area contributed by atoms with E-state index in [0.29, 0.717) is 5.56 Å². The van der Waals surface area contributed by atoms with Crippen LogP contribution >= 0.6 is 0 Å². The molecule has 116 valence electrons. The summed E-state index contributed by atoms with van der Waals surface area (Å²) in [5.74, 6) is -0.309. The molecule has 1 rings (SSSR count). The molecule has 0 aromatic heterocycles. The van der Waals surface area contributed by atoms with Crippen molar-refractivity contribution in [2.75, 3.05) is 7.11 Å². The average Bonchev–Trinajstić information content (AvgIpc) is 2.52. The molecule has 4 heteroatoms. The second-order valence-electron chi connectivity index (χ2n) is 5.16. The molecule has 0 aliphatic rings. The predicted molar refractivity (Wildman–Crippen MR) is 83.2 cm³/mol. The summed E-state index contributed by atoms with van der Waals surface area (Å²) in [5, 5.41) is 2.88. The fraction of sp³-hybridized carbons (Fsp3) is 0.529. The number of amides is 1. The summed E-state index contributed by atoms with van der Waals surface area (Å²) >= 11 is 0. The van der Waals surface area contributed by atoms with Crippen LogP contribution in [0, 0.1) is 0 Å². The Balaban J connectivity index is 2.62. The van der Waals surface area contributed by atoms with Crippen LogP contribution in [-0.2, 0) is 16.0 Å². The summed E-state index contributed by atoms with van der Waals surface area (Å²) in [4.78, 5) is 22.4. The van der Waals surface area contributed by atoms with E-state index in [1.165, 1.54) is 20.0 Å². The quantitative estimate of drug-likeness (QED) is 0.409. The topological polar surface area (TPSA) is 55.4 Å². The first kappa shape index (κ1) is 17.2. The second-order valence-corrected chi connectivity index (χ2v) is 5.16. The maximum absolute atomic E-state index is 11.7. The van der Waals surface area contributed by atoms with Gasteiger partial charge < -0.3 is 10.1 Å². The lowest BCUT2D eigenvalue weighted by Gasteiger charge is -2.16. The van der Waals surface area contributed by atoms with Crippen molar-refractivity contribution >= 4 is 12.4 Å². The van der Waals surface area contributed by atoms with E-state index in [-0.39, 0.29) is 12.0 Å². The molecule has 0 saturated carbocycles. The van der Waals surface area contributed by atoms with Gasteiger partial charge in [-0.3, -0.25) is 4.79 Å². The van der Waals surface area contributed by atoms with Crippen LogP contribution in [0.4, 0.5) is 0 Å². The maximum atomic E-state index is 11.7. The monoisotopic (exact) mass is 291 g/mol. The minimum Gasteiger partial charge on any atom is -0.465 e. The Labute approximate surface area is 126 Å². The summed E-state index contributed by atoms with van der Waals surface area (Å²) in [6, 6.07) is 7.63. The molecular formula is C17H25NO3. The Hall–Kier alpha value is -1.84. The van der Waals surface area contributed by atoms with Crippen molar-refractivity contribution in [3.63, 3.8) is 0 Å². The zero-order valence-electron chi connectivity index (χ0n) is 12.9. The third kappa shape index (κ3) is 5.98. The second kappa shape index (κ2) is 9.97. The highest BCUT2D eigenvalue weighted by atomic mass is 16.5. The highest BCUT2D eigenvalue weighted by Crippen LogP contribution is 2.15. The van der Waals surface area contributed by atoms with Crippen LogP contribution in [-0.4, -0.2) is 25.5 Å². The number of hydrogen-bond donors (Lipinski definition) is 1. The number of carbonyl (C=O) groups is 2. The smallest absolute Gasteiger partial charge is 0.338 e. The van der Waals surface area contributed by atoms with Gasteiger partial charge in [-0.1, -0.05) is 44.4 Å². The minimum atomic E-state index is -0.309. The fourth-order valence-corrected chi connectivity index (χ4v) is 2.43. The molecule has 21 heavy (non-hydrogen) atoms. The van der Waals surface area contributed by atoms with Gasteiger partial charge in [-0.2, -0.15) is 0 Å². The Bertz CT molecular complexity index is 445. The van der Waals surface area contributed by atoms with Crippen molar-refractivity contribution in [2.24, 2.45) is 0 Å². The molecule has 1 aromatic rings. The van der Waals surface area contributed by atoms with Crippen molar-refractivity contribution in [1.82, 2.24) is 5.32 Å². The highest BCUT2D eigenvalue weighted by molar-refractivity contribution is 5.90. The molecule has 1 unspecified atom stereocenters. The van der Waals surface area contributed by atoms with E-state index in [9.17, 15) is 9.59 Å². The zero-order chi connectivity index (χ0) is 15.5. The Kier molecular flexibility index (Phi) is 8.17. The largest absolute Gasteiger partial charge is 0.465 e. The molecular weight excluding hydrogens is 266 g/mol. The Morgan fingerprint density at radius 1 is 1.29 bits per heavy atom. The summed E-state index contributed by atoms with van der Waals surface area (Å²) in [7, 11) is 1.39. The van der Waals surface area contributed by atoms with Gasteiger partial charge in [-0.05, 0) is 30.9 Å².